The van der Waals surface area contributed by atoms with Crippen LogP contribution in [-0.2, 0) is 6.54 Å². The van der Waals surface area contributed by atoms with Crippen LogP contribution in [0, 0.1) is 11.8 Å². The average molecular weight is 330 g/mol. The topological polar surface area (TPSA) is 32.7 Å². The van der Waals surface area contributed by atoms with Crippen LogP contribution in [0.3, 0.4) is 0 Å². The normalized spacial score (nSPS) is 13.1. The molecule has 0 amide bonds. The third-order valence-corrected chi connectivity index (χ3v) is 4.01. The number of methoxy groups -OCH3 is 1. The third kappa shape index (κ3) is 5.13. The Bertz CT molecular complexity index is 396. The quantitative estimate of drug-likeness (QED) is 0.834. The van der Waals surface area contributed by atoms with Gasteiger partial charge in [-0.15, -0.1) is 0 Å². The number of halogens is 1. The highest BCUT2D eigenvalue weighted by Crippen LogP contribution is 2.26. The molecule has 1 atom stereocenters. The molecule has 0 spiro atoms. The second-order valence-corrected chi connectivity index (χ2v) is 6.21. The fourth-order valence-corrected chi connectivity index (χ4v) is 2.65. The number of hydrogen-bond acceptors (Lipinski definition) is 3. The van der Waals surface area contributed by atoms with Gasteiger partial charge in [0.25, 0.3) is 0 Å². The molecule has 0 bridgehead atoms. The minimum Gasteiger partial charge on any atom is -0.496 e. The molecule has 108 valence electrons. The van der Waals surface area contributed by atoms with Gasteiger partial charge >= 0.3 is 0 Å². The summed E-state index contributed by atoms with van der Waals surface area (Å²) < 4.78 is 6.20. The smallest absolute Gasteiger partial charge is 0.133 e. The van der Waals surface area contributed by atoms with Gasteiger partial charge in [-0.1, -0.05) is 19.9 Å². The summed E-state index contributed by atoms with van der Waals surface area (Å²) in [6.45, 7) is 6.31. The van der Waals surface area contributed by atoms with Crippen LogP contribution < -0.4 is 4.74 Å². The molecule has 1 N–H and O–H groups in total. The first-order valence-electron chi connectivity index (χ1n) is 6.59. The first-order valence-corrected chi connectivity index (χ1v) is 7.39. The molecule has 1 rings (SSSR count). The van der Waals surface area contributed by atoms with Crippen molar-refractivity contribution in [3.8, 4) is 5.75 Å². The van der Waals surface area contributed by atoms with Crippen LogP contribution in [0.5, 0.6) is 5.75 Å². The number of nitrogens with zero attached hydrogens (tertiary/aromatic N) is 1. The standard InChI is InChI=1S/C15H24BrNO2/c1-11(2)13(10-18)9-17(3)8-12-5-6-15(19-4)14(16)7-12/h5-7,11,13,18H,8-10H2,1-4H3. The lowest BCUT2D eigenvalue weighted by atomic mass is 9.96. The molecule has 0 aliphatic heterocycles. The zero-order valence-corrected chi connectivity index (χ0v) is 13.8. The first-order chi connectivity index (χ1) is 8.97. The highest BCUT2D eigenvalue weighted by molar-refractivity contribution is 9.10. The van der Waals surface area contributed by atoms with Crippen LogP contribution in [-0.4, -0.2) is 37.3 Å². The lowest BCUT2D eigenvalue weighted by Crippen LogP contribution is -2.30. The Hall–Kier alpha value is -0.580. The van der Waals surface area contributed by atoms with Crippen LogP contribution >= 0.6 is 15.9 Å². The molecule has 0 aliphatic carbocycles. The monoisotopic (exact) mass is 329 g/mol. The first kappa shape index (κ1) is 16.5. The zero-order chi connectivity index (χ0) is 14.4. The molecular weight excluding hydrogens is 306 g/mol. The van der Waals surface area contributed by atoms with E-state index in [1.807, 2.05) is 6.07 Å². The Morgan fingerprint density at radius 1 is 1.37 bits per heavy atom. The van der Waals surface area contributed by atoms with Gasteiger partial charge in [0.2, 0.25) is 0 Å². The van der Waals surface area contributed by atoms with Crippen LogP contribution in [0.25, 0.3) is 0 Å². The Balaban J connectivity index is 2.61. The Morgan fingerprint density at radius 3 is 2.53 bits per heavy atom. The van der Waals surface area contributed by atoms with E-state index in [4.69, 9.17) is 4.74 Å². The number of rotatable bonds is 7. The summed E-state index contributed by atoms with van der Waals surface area (Å²) in [5.74, 6) is 1.67. The second kappa shape index (κ2) is 7.88. The summed E-state index contributed by atoms with van der Waals surface area (Å²) in [5, 5.41) is 9.37. The van der Waals surface area contributed by atoms with E-state index >= 15 is 0 Å². The van der Waals surface area contributed by atoms with Gasteiger partial charge in [0.15, 0.2) is 0 Å². The maximum Gasteiger partial charge on any atom is 0.133 e. The SMILES string of the molecule is COc1ccc(CN(C)CC(CO)C(C)C)cc1Br. The maximum atomic E-state index is 9.37. The highest BCUT2D eigenvalue weighted by atomic mass is 79.9. The lowest BCUT2D eigenvalue weighted by molar-refractivity contribution is 0.143. The van der Waals surface area contributed by atoms with Crippen molar-refractivity contribution in [2.75, 3.05) is 27.3 Å². The lowest BCUT2D eigenvalue weighted by Gasteiger charge is -2.25. The van der Waals surface area contributed by atoms with E-state index in [1.165, 1.54) is 5.56 Å². The van der Waals surface area contributed by atoms with Gasteiger partial charge < -0.3 is 14.7 Å². The third-order valence-electron chi connectivity index (χ3n) is 3.39. The molecule has 1 aromatic carbocycles. The molecule has 0 saturated carbocycles. The molecule has 19 heavy (non-hydrogen) atoms. The van der Waals surface area contributed by atoms with Crippen molar-refractivity contribution in [3.63, 3.8) is 0 Å². The van der Waals surface area contributed by atoms with E-state index in [2.05, 4.69) is 53.9 Å². The molecule has 1 aromatic rings. The molecule has 4 heteroatoms. The van der Waals surface area contributed by atoms with Gasteiger partial charge in [0.05, 0.1) is 11.6 Å². The second-order valence-electron chi connectivity index (χ2n) is 5.35. The summed E-state index contributed by atoms with van der Waals surface area (Å²) in [6.07, 6.45) is 0. The van der Waals surface area contributed by atoms with Crippen molar-refractivity contribution in [2.45, 2.75) is 20.4 Å². The molecule has 0 fully saturated rings. The van der Waals surface area contributed by atoms with E-state index in [0.29, 0.717) is 11.8 Å². The predicted octanol–water partition coefficient (Wildman–Crippen LogP) is 3.15. The Morgan fingerprint density at radius 2 is 2.05 bits per heavy atom. The maximum absolute atomic E-state index is 9.37. The Labute approximate surface area is 124 Å². The Kier molecular flexibility index (Phi) is 6.83. The van der Waals surface area contributed by atoms with Gasteiger partial charge in [-0.05, 0) is 52.5 Å². The van der Waals surface area contributed by atoms with E-state index in [-0.39, 0.29) is 6.61 Å². The molecule has 0 aliphatic rings. The van der Waals surface area contributed by atoms with Crippen molar-refractivity contribution in [1.82, 2.24) is 4.90 Å². The van der Waals surface area contributed by atoms with Gasteiger partial charge in [-0.3, -0.25) is 0 Å². The van der Waals surface area contributed by atoms with Crippen molar-refractivity contribution in [1.29, 1.82) is 0 Å². The average Bonchev–Trinajstić information content (AvgIpc) is 2.35. The molecule has 3 nitrogen and oxygen atoms in total. The number of aliphatic hydroxyl groups is 1. The van der Waals surface area contributed by atoms with Crippen molar-refractivity contribution >= 4 is 15.9 Å². The van der Waals surface area contributed by atoms with Gasteiger partial charge in [-0.2, -0.15) is 0 Å². The minimum atomic E-state index is 0.244. The molecule has 0 heterocycles. The summed E-state index contributed by atoms with van der Waals surface area (Å²) in [7, 11) is 3.75. The largest absolute Gasteiger partial charge is 0.496 e. The van der Waals surface area contributed by atoms with Crippen LogP contribution in [0.15, 0.2) is 22.7 Å². The van der Waals surface area contributed by atoms with Gasteiger partial charge in [0, 0.05) is 19.7 Å². The van der Waals surface area contributed by atoms with Crippen LogP contribution in [0.2, 0.25) is 0 Å². The predicted molar refractivity (Wildman–Crippen MR) is 82.4 cm³/mol. The minimum absolute atomic E-state index is 0.244. The number of benzene rings is 1. The summed E-state index contributed by atoms with van der Waals surface area (Å²) >= 11 is 3.50. The molecular formula is C15H24BrNO2. The molecule has 0 aromatic heterocycles. The summed E-state index contributed by atoms with van der Waals surface area (Å²) in [4.78, 5) is 2.25. The molecule has 0 radical (unpaired) electrons. The molecule has 0 saturated heterocycles. The van der Waals surface area contributed by atoms with E-state index in [0.717, 1.165) is 23.3 Å². The van der Waals surface area contributed by atoms with E-state index in [1.54, 1.807) is 7.11 Å². The van der Waals surface area contributed by atoms with Crippen molar-refractivity contribution < 1.29 is 9.84 Å². The van der Waals surface area contributed by atoms with Crippen LogP contribution in [0.4, 0.5) is 0 Å². The number of aliphatic hydroxyl groups excluding tert-OH is 1. The molecule has 1 unspecified atom stereocenters. The van der Waals surface area contributed by atoms with Crippen LogP contribution in [0.1, 0.15) is 19.4 Å². The van der Waals surface area contributed by atoms with Gasteiger partial charge in [0.1, 0.15) is 5.75 Å². The van der Waals surface area contributed by atoms with E-state index in [9.17, 15) is 5.11 Å². The van der Waals surface area contributed by atoms with Crippen molar-refractivity contribution in [3.05, 3.63) is 28.2 Å². The highest BCUT2D eigenvalue weighted by Gasteiger charge is 2.15. The number of ether oxygens (including phenoxy) is 1. The zero-order valence-electron chi connectivity index (χ0n) is 12.2. The fraction of sp³-hybridized carbons (Fsp3) is 0.600. The summed E-state index contributed by atoms with van der Waals surface area (Å²) in [5.41, 5.74) is 1.23. The van der Waals surface area contributed by atoms with Gasteiger partial charge in [-0.25, -0.2) is 0 Å². The summed E-state index contributed by atoms with van der Waals surface area (Å²) in [6, 6.07) is 6.13. The van der Waals surface area contributed by atoms with Crippen molar-refractivity contribution in [2.24, 2.45) is 11.8 Å². The fourth-order valence-electron chi connectivity index (χ4n) is 2.06. The van der Waals surface area contributed by atoms with E-state index < -0.39 is 0 Å². The number of hydrogen-bond donors (Lipinski definition) is 1.